The van der Waals surface area contributed by atoms with Crippen molar-refractivity contribution in [1.82, 2.24) is 19.9 Å². The molecule has 1 amide bonds. The fraction of sp³-hybridized carbons (Fsp3) is 0.444. The topological polar surface area (TPSA) is 101 Å². The van der Waals surface area contributed by atoms with Crippen LogP contribution in [0.1, 0.15) is 18.5 Å². The summed E-state index contributed by atoms with van der Waals surface area (Å²) in [6.07, 6.45) is 3.83. The number of carboxylic acid groups (broad SMARTS) is 1. The van der Waals surface area contributed by atoms with Crippen LogP contribution >= 0.6 is 0 Å². The number of piperidine rings is 1. The van der Waals surface area contributed by atoms with Crippen molar-refractivity contribution in [3.8, 4) is 17.4 Å². The second-order valence-corrected chi connectivity index (χ2v) is 6.56. The molecule has 9 nitrogen and oxygen atoms in total. The zero-order valence-electron chi connectivity index (χ0n) is 15.0. The van der Waals surface area contributed by atoms with Gasteiger partial charge in [-0.25, -0.2) is 9.78 Å². The second-order valence-electron chi connectivity index (χ2n) is 6.56. The van der Waals surface area contributed by atoms with Crippen molar-refractivity contribution in [3.63, 3.8) is 0 Å². The van der Waals surface area contributed by atoms with E-state index in [4.69, 9.17) is 14.6 Å². The van der Waals surface area contributed by atoms with Crippen LogP contribution in [-0.2, 0) is 0 Å². The predicted octanol–water partition coefficient (Wildman–Crippen LogP) is 2.31. The van der Waals surface area contributed by atoms with Gasteiger partial charge in [0, 0.05) is 25.3 Å². The number of hydrogen-bond donors (Lipinski definition) is 1. The molecule has 2 aliphatic heterocycles. The summed E-state index contributed by atoms with van der Waals surface area (Å²) in [7, 11) is 0. The Morgan fingerprint density at radius 2 is 2.07 bits per heavy atom. The first-order valence-corrected chi connectivity index (χ1v) is 8.95. The van der Waals surface area contributed by atoms with Gasteiger partial charge in [-0.2, -0.15) is 4.98 Å². The van der Waals surface area contributed by atoms with Gasteiger partial charge < -0.3 is 24.4 Å². The largest absolute Gasteiger partial charge is 0.483 e. The molecule has 2 aromatic rings. The number of aromatic nitrogens is 3. The van der Waals surface area contributed by atoms with Gasteiger partial charge in [-0.1, -0.05) is 0 Å². The summed E-state index contributed by atoms with van der Waals surface area (Å²) in [5.41, 5.74) is 0.763. The molecule has 1 saturated heterocycles. The molecule has 2 aliphatic rings. The first-order chi connectivity index (χ1) is 13.1. The van der Waals surface area contributed by atoms with E-state index in [1.165, 1.54) is 11.2 Å². The van der Waals surface area contributed by atoms with Crippen LogP contribution in [0.4, 0.5) is 10.6 Å². The van der Waals surface area contributed by atoms with Crippen LogP contribution in [-0.4, -0.2) is 63.3 Å². The van der Waals surface area contributed by atoms with Crippen LogP contribution in [0.15, 0.2) is 24.7 Å². The molecule has 4 heterocycles. The Hall–Kier alpha value is -3.10. The number of fused-ring (bicyclic) bond motifs is 1. The molecule has 0 bridgehead atoms. The first kappa shape index (κ1) is 17.3. The van der Waals surface area contributed by atoms with Gasteiger partial charge in [0.1, 0.15) is 12.9 Å². The number of amides is 1. The Labute approximate surface area is 156 Å². The monoisotopic (exact) mass is 371 g/mol. The van der Waals surface area contributed by atoms with Gasteiger partial charge in [-0.3, -0.25) is 4.98 Å². The maximum Gasteiger partial charge on any atom is 0.407 e. The van der Waals surface area contributed by atoms with Crippen molar-refractivity contribution in [1.29, 1.82) is 0 Å². The maximum atomic E-state index is 11.1. The average Bonchev–Trinajstić information content (AvgIpc) is 2.69. The number of carbonyl (C=O) groups is 1. The molecule has 4 rings (SSSR count). The fourth-order valence-electron chi connectivity index (χ4n) is 3.51. The van der Waals surface area contributed by atoms with E-state index in [1.54, 1.807) is 12.3 Å². The SMILES string of the molecule is Cc1ncccc1Oc1ncnc2c1OCCN2C1CCN(C(=O)O)CC1. The zero-order valence-corrected chi connectivity index (χ0v) is 15.0. The van der Waals surface area contributed by atoms with Crippen LogP contribution in [0.2, 0.25) is 0 Å². The minimum absolute atomic E-state index is 0.214. The molecule has 1 fully saturated rings. The normalized spacial score (nSPS) is 17.2. The molecule has 0 unspecified atom stereocenters. The van der Waals surface area contributed by atoms with Crippen molar-refractivity contribution < 1.29 is 19.4 Å². The van der Waals surface area contributed by atoms with Crippen LogP contribution < -0.4 is 14.4 Å². The van der Waals surface area contributed by atoms with E-state index in [2.05, 4.69) is 19.9 Å². The molecule has 1 N–H and O–H groups in total. The van der Waals surface area contributed by atoms with Crippen LogP contribution in [0, 0.1) is 6.92 Å². The minimum atomic E-state index is -0.860. The highest BCUT2D eigenvalue weighted by molar-refractivity contribution is 5.65. The van der Waals surface area contributed by atoms with E-state index < -0.39 is 6.09 Å². The fourth-order valence-corrected chi connectivity index (χ4v) is 3.51. The highest BCUT2D eigenvalue weighted by Crippen LogP contribution is 2.40. The second kappa shape index (κ2) is 7.26. The third kappa shape index (κ3) is 3.44. The first-order valence-electron chi connectivity index (χ1n) is 8.95. The molecule has 0 radical (unpaired) electrons. The number of likely N-dealkylation sites (tertiary alicyclic amines) is 1. The van der Waals surface area contributed by atoms with E-state index in [-0.39, 0.29) is 6.04 Å². The molecule has 0 aliphatic carbocycles. The highest BCUT2D eigenvalue weighted by Gasteiger charge is 2.33. The summed E-state index contributed by atoms with van der Waals surface area (Å²) in [6.45, 7) is 4.12. The smallest absolute Gasteiger partial charge is 0.407 e. The number of anilines is 1. The van der Waals surface area contributed by atoms with Crippen molar-refractivity contribution in [2.45, 2.75) is 25.8 Å². The van der Waals surface area contributed by atoms with Crippen LogP contribution in [0.25, 0.3) is 0 Å². The Balaban J connectivity index is 1.57. The average molecular weight is 371 g/mol. The van der Waals surface area contributed by atoms with E-state index >= 15 is 0 Å². The van der Waals surface area contributed by atoms with E-state index in [9.17, 15) is 4.79 Å². The minimum Gasteiger partial charge on any atom is -0.483 e. The van der Waals surface area contributed by atoms with Gasteiger partial charge in [0.25, 0.3) is 5.88 Å². The third-order valence-corrected chi connectivity index (χ3v) is 4.94. The van der Waals surface area contributed by atoms with Crippen molar-refractivity contribution >= 4 is 11.9 Å². The summed E-state index contributed by atoms with van der Waals surface area (Å²) in [5.74, 6) is 2.20. The highest BCUT2D eigenvalue weighted by atomic mass is 16.5. The van der Waals surface area contributed by atoms with Crippen molar-refractivity contribution in [2.75, 3.05) is 31.1 Å². The lowest BCUT2D eigenvalue weighted by Crippen LogP contribution is -2.49. The van der Waals surface area contributed by atoms with Gasteiger partial charge in [0.15, 0.2) is 11.6 Å². The molecule has 27 heavy (non-hydrogen) atoms. The number of ether oxygens (including phenoxy) is 2. The molecule has 142 valence electrons. The molecule has 0 aromatic carbocycles. The lowest BCUT2D eigenvalue weighted by Gasteiger charge is -2.40. The third-order valence-electron chi connectivity index (χ3n) is 4.94. The molecule has 0 saturated carbocycles. The molecule has 0 spiro atoms. The maximum absolute atomic E-state index is 11.1. The number of rotatable bonds is 3. The Morgan fingerprint density at radius 3 is 2.81 bits per heavy atom. The summed E-state index contributed by atoms with van der Waals surface area (Å²) < 4.78 is 11.8. The number of pyridine rings is 1. The van der Waals surface area contributed by atoms with Crippen molar-refractivity contribution in [2.24, 2.45) is 0 Å². The number of nitrogens with zero attached hydrogens (tertiary/aromatic N) is 5. The van der Waals surface area contributed by atoms with E-state index in [1.807, 2.05) is 13.0 Å². The molecule has 2 aromatic heterocycles. The van der Waals surface area contributed by atoms with Gasteiger partial charge in [-0.05, 0) is 31.9 Å². The van der Waals surface area contributed by atoms with Gasteiger partial charge in [0.05, 0.1) is 12.2 Å². The van der Waals surface area contributed by atoms with E-state index in [0.717, 1.165) is 18.5 Å². The van der Waals surface area contributed by atoms with Gasteiger partial charge in [-0.15, -0.1) is 0 Å². The lowest BCUT2D eigenvalue weighted by atomic mass is 10.0. The van der Waals surface area contributed by atoms with Gasteiger partial charge >= 0.3 is 6.09 Å². The Morgan fingerprint density at radius 1 is 1.26 bits per heavy atom. The predicted molar refractivity (Wildman–Crippen MR) is 96.5 cm³/mol. The summed E-state index contributed by atoms with van der Waals surface area (Å²) in [5, 5.41) is 9.14. The number of aryl methyl sites for hydroxylation is 1. The molecular weight excluding hydrogens is 350 g/mol. The Bertz CT molecular complexity index is 838. The van der Waals surface area contributed by atoms with Crippen molar-refractivity contribution in [3.05, 3.63) is 30.4 Å². The van der Waals surface area contributed by atoms with Crippen LogP contribution in [0.5, 0.6) is 17.4 Å². The quantitative estimate of drug-likeness (QED) is 0.877. The Kier molecular flexibility index (Phi) is 4.66. The van der Waals surface area contributed by atoms with E-state index in [0.29, 0.717) is 49.4 Å². The van der Waals surface area contributed by atoms with Gasteiger partial charge in [0.2, 0.25) is 5.75 Å². The standard InChI is InChI=1S/C18H21N5O4/c1-12-14(3-2-6-19-12)27-17-15-16(20-11-21-17)23(9-10-26-15)13-4-7-22(8-5-13)18(24)25/h2-3,6,11,13H,4-5,7-10H2,1H3,(H,24,25). The summed E-state index contributed by atoms with van der Waals surface area (Å²) in [4.78, 5) is 27.7. The lowest BCUT2D eigenvalue weighted by molar-refractivity contribution is 0.130. The summed E-state index contributed by atoms with van der Waals surface area (Å²) >= 11 is 0. The summed E-state index contributed by atoms with van der Waals surface area (Å²) in [6, 6.07) is 3.85. The zero-order chi connectivity index (χ0) is 18.8. The number of hydrogen-bond acceptors (Lipinski definition) is 7. The molecule has 9 heteroatoms. The molecule has 0 atom stereocenters. The molecular formula is C18H21N5O4. The van der Waals surface area contributed by atoms with Crippen LogP contribution in [0.3, 0.4) is 0 Å².